The summed E-state index contributed by atoms with van der Waals surface area (Å²) in [6.45, 7) is 21.4. The van der Waals surface area contributed by atoms with Gasteiger partial charge in [-0.15, -0.1) is 24.8 Å². The summed E-state index contributed by atoms with van der Waals surface area (Å²) in [7, 11) is 0. The molecule has 1 fully saturated rings. The molecule has 3 atom stereocenters. The van der Waals surface area contributed by atoms with Gasteiger partial charge in [0.25, 0.3) is 0 Å². The van der Waals surface area contributed by atoms with Crippen molar-refractivity contribution >= 4 is 86.3 Å². The van der Waals surface area contributed by atoms with Gasteiger partial charge in [0, 0.05) is 0 Å². The van der Waals surface area contributed by atoms with Crippen LogP contribution in [-0.2, 0) is 24.7 Å². The van der Waals surface area contributed by atoms with Crippen LogP contribution in [0.2, 0.25) is 3.12 Å². The van der Waals surface area contributed by atoms with Gasteiger partial charge < -0.3 is 0 Å². The third-order valence-corrected chi connectivity index (χ3v) is 38.1. The average molecular weight is 1030 g/mol. The van der Waals surface area contributed by atoms with E-state index in [2.05, 4.69) is 204 Å². The van der Waals surface area contributed by atoms with Gasteiger partial charge in [-0.3, -0.25) is 0 Å². The molecule has 0 saturated heterocycles. The first kappa shape index (κ1) is 40.8. The molecule has 52 heavy (non-hydrogen) atoms. The molecule has 0 heterocycles. The zero-order chi connectivity index (χ0) is 35.7. The van der Waals surface area contributed by atoms with E-state index in [9.17, 15) is 0 Å². The van der Waals surface area contributed by atoms with E-state index in [0.717, 1.165) is 19.3 Å². The van der Waals surface area contributed by atoms with Gasteiger partial charge in [0.1, 0.15) is 0 Å². The summed E-state index contributed by atoms with van der Waals surface area (Å²) in [6.07, 6.45) is 16.6. The van der Waals surface area contributed by atoms with E-state index in [0.29, 0.717) is 5.92 Å². The molecule has 5 heteroatoms. The van der Waals surface area contributed by atoms with Gasteiger partial charge in [-0.2, -0.15) is 0 Å². The summed E-state index contributed by atoms with van der Waals surface area (Å²) in [5, 5.41) is 0. The van der Waals surface area contributed by atoms with Gasteiger partial charge in [0.2, 0.25) is 0 Å². The molecule has 0 amide bonds. The number of rotatable bonds is 4. The van der Waals surface area contributed by atoms with Crippen molar-refractivity contribution in [3.05, 3.63) is 141 Å². The summed E-state index contributed by atoms with van der Waals surface area (Å²) in [5.41, 5.74) is 9.19. The minimum atomic E-state index is -5.13. The van der Waals surface area contributed by atoms with E-state index in [4.69, 9.17) is 4.21 Å². The topological polar surface area (TPSA) is 0 Å². The summed E-state index contributed by atoms with van der Waals surface area (Å²) >= 11 is -0.136. The Bertz CT molecular complexity index is 2140. The number of benzene rings is 3. The standard InChI is InChI=1S/C29H37.2C6H4I.C5H5.CH2.2ClH.Zr/c1-18-25-22-17-19-13-9-10-14-20(19)24(22)21-15-11-12-16-23(21)29(25,8)28(6,7)27(4,5)26(18,2)3;2*7-6-4-2-1-3-5-6;1-2-4-5-3-1;;;;/h9-11,13-15,23H,12,16-17H2,1-8H3;2*2-5H;1-3H,4H2;1H2;2*1H;. The minimum absolute atomic E-state index is 0. The summed E-state index contributed by atoms with van der Waals surface area (Å²) < 4.78 is 13.0. The van der Waals surface area contributed by atoms with E-state index in [1.54, 1.807) is 25.6 Å². The molecule has 0 aromatic heterocycles. The molecule has 8 rings (SSSR count). The Morgan fingerprint density at radius 2 is 1.29 bits per heavy atom. The van der Waals surface area contributed by atoms with Crippen LogP contribution < -0.4 is 6.54 Å². The van der Waals surface area contributed by atoms with E-state index < -0.39 is 18.3 Å². The molecule has 0 bridgehead atoms. The molecule has 3 aromatic carbocycles. The predicted molar refractivity (Wildman–Crippen MR) is 245 cm³/mol. The Balaban J connectivity index is 0.00000232. The third-order valence-electron chi connectivity index (χ3n) is 16.8. The molecule has 0 nitrogen and oxygen atoms in total. The second kappa shape index (κ2) is 13.1. The van der Waals surface area contributed by atoms with Crippen molar-refractivity contribution < 1.29 is 18.3 Å². The maximum atomic E-state index is 6.11. The molecular weight excluding hydrogens is 980 g/mol. The van der Waals surface area contributed by atoms with Crippen molar-refractivity contribution in [1.82, 2.24) is 0 Å². The van der Waals surface area contributed by atoms with Crippen LogP contribution in [0.3, 0.4) is 0 Å². The van der Waals surface area contributed by atoms with Crippen LogP contribution in [0.15, 0.2) is 123 Å². The number of hydrogen-bond acceptors (Lipinski definition) is 0. The third kappa shape index (κ3) is 4.56. The molecule has 3 aromatic rings. The average Bonchev–Trinajstić information content (AvgIpc) is 3.77. The van der Waals surface area contributed by atoms with Crippen LogP contribution in [-0.4, -0.2) is 4.21 Å². The fourth-order valence-electron chi connectivity index (χ4n) is 12.8. The molecule has 1 saturated carbocycles. The van der Waals surface area contributed by atoms with Gasteiger partial charge in [-0.05, 0) is 0 Å². The summed E-state index contributed by atoms with van der Waals surface area (Å²) in [4.78, 5) is 0. The predicted octanol–water partition coefficient (Wildman–Crippen LogP) is 13.2. The van der Waals surface area contributed by atoms with Crippen molar-refractivity contribution in [1.29, 1.82) is 0 Å². The molecule has 3 unspecified atom stereocenters. The molecule has 0 N–H and O–H groups in total. The fourth-order valence-corrected chi connectivity index (χ4v) is 34.1. The Kier molecular flexibility index (Phi) is 10.3. The number of halogens is 4. The van der Waals surface area contributed by atoms with Gasteiger partial charge >= 0.3 is 333 Å². The van der Waals surface area contributed by atoms with Crippen LogP contribution in [0.5, 0.6) is 0 Å². The van der Waals surface area contributed by atoms with E-state index >= 15 is 0 Å². The van der Waals surface area contributed by atoms with E-state index in [-0.39, 0.29) is 49.6 Å². The Hall–Kier alpha value is -0.847. The molecule has 0 aliphatic heterocycles. The Labute approximate surface area is 353 Å². The van der Waals surface area contributed by atoms with Crippen molar-refractivity contribution in [2.75, 3.05) is 0 Å². The number of hydrogen-bond donors (Lipinski definition) is 0. The Morgan fingerprint density at radius 3 is 1.85 bits per heavy atom. The number of fused-ring (bicyclic) bond motifs is 6. The van der Waals surface area contributed by atoms with Crippen LogP contribution in [0.1, 0.15) is 85.8 Å². The van der Waals surface area contributed by atoms with Crippen LogP contribution in [0, 0.1) is 34.7 Å². The first-order chi connectivity index (χ1) is 23.5. The van der Waals surface area contributed by atoms with Gasteiger partial charge in [-0.25, -0.2) is 0 Å². The monoisotopic (exact) mass is 1030 g/mol. The molecule has 0 radical (unpaired) electrons. The molecule has 5 aliphatic rings. The van der Waals surface area contributed by atoms with Gasteiger partial charge in [0.15, 0.2) is 0 Å². The summed E-state index contributed by atoms with van der Waals surface area (Å²) in [5.74, 6) is 0.439. The number of allylic oxidation sites excluding steroid dienone is 10. The van der Waals surface area contributed by atoms with Crippen LogP contribution >= 0.6 is 70.0 Å². The van der Waals surface area contributed by atoms with E-state index in [1.165, 1.54) is 31.2 Å². The first-order valence-electron chi connectivity index (χ1n) is 18.6. The van der Waals surface area contributed by atoms with Crippen LogP contribution in [0.4, 0.5) is 0 Å². The SMILES string of the molecule is Cl.Cl.[CH2]=[Zr]([C]1=CC=CC1)([c]1ccc(I)cc1)([c]1ccc(I)cc1)[C]1(C)C2=C3Cc4ccccc4C3=C3C=CCCC3C2(C)C(C)(C)C(C)(C)C1(C)C. The molecule has 274 valence electrons. The Morgan fingerprint density at radius 1 is 0.712 bits per heavy atom. The van der Waals surface area contributed by atoms with E-state index in [1.807, 2.05) is 0 Å². The normalized spacial score (nSPS) is 27.8. The van der Waals surface area contributed by atoms with Crippen molar-refractivity contribution in [2.45, 2.75) is 84.2 Å². The van der Waals surface area contributed by atoms with Gasteiger partial charge in [0.05, 0.1) is 0 Å². The zero-order valence-electron chi connectivity index (χ0n) is 32.0. The van der Waals surface area contributed by atoms with Crippen molar-refractivity contribution in [3.8, 4) is 0 Å². The molecular formula is C47H54Cl2I2Zr. The second-order valence-corrected chi connectivity index (χ2v) is 34.6. The molecule has 0 spiro atoms. The zero-order valence-corrected chi connectivity index (χ0v) is 40.4. The van der Waals surface area contributed by atoms with Crippen LogP contribution in [0.25, 0.3) is 5.57 Å². The maximum absolute atomic E-state index is 6.11. The first-order valence-corrected chi connectivity index (χ1v) is 27.5. The fraction of sp³-hybridized carbons (Fsp3) is 0.383. The molecule has 5 aliphatic carbocycles. The van der Waals surface area contributed by atoms with Crippen molar-refractivity contribution in [3.63, 3.8) is 0 Å². The summed E-state index contributed by atoms with van der Waals surface area (Å²) in [6, 6.07) is 28.9. The second-order valence-electron chi connectivity index (χ2n) is 18.0. The van der Waals surface area contributed by atoms with Crippen molar-refractivity contribution in [2.24, 2.45) is 27.6 Å². The van der Waals surface area contributed by atoms with Gasteiger partial charge in [-0.1, -0.05) is 0 Å². The quantitative estimate of drug-likeness (QED) is 0.229.